The van der Waals surface area contributed by atoms with Crippen LogP contribution in [0.4, 0.5) is 4.39 Å². The number of rotatable bonds is 5. The lowest BCUT2D eigenvalue weighted by Gasteiger charge is -2.24. The van der Waals surface area contributed by atoms with Gasteiger partial charge in [-0.25, -0.2) is 4.39 Å². The topological polar surface area (TPSA) is 78.9 Å². The zero-order valence-corrected chi connectivity index (χ0v) is 12.9. The summed E-state index contributed by atoms with van der Waals surface area (Å²) in [6, 6.07) is 4.03. The van der Waals surface area contributed by atoms with Crippen LogP contribution in [0.1, 0.15) is 24.2 Å². The number of oxime groups is 1. The zero-order chi connectivity index (χ0) is 15.3. The van der Waals surface area contributed by atoms with Gasteiger partial charge in [-0.1, -0.05) is 28.0 Å². The normalized spacial score (nSPS) is 13.1. The Hall–Kier alpha value is -1.63. The molecule has 1 aromatic carbocycles. The van der Waals surface area contributed by atoms with E-state index in [9.17, 15) is 9.18 Å². The van der Waals surface area contributed by atoms with E-state index in [0.29, 0.717) is 17.6 Å². The van der Waals surface area contributed by atoms with Gasteiger partial charge >= 0.3 is 0 Å². The first kappa shape index (κ1) is 16.4. The second kappa shape index (κ2) is 7.23. The maximum atomic E-state index is 13.3. The van der Waals surface area contributed by atoms with Crippen molar-refractivity contribution < 1.29 is 14.4 Å². The minimum Gasteiger partial charge on any atom is -0.409 e. The summed E-state index contributed by atoms with van der Waals surface area (Å²) in [6.45, 7) is 4.28. The molecule has 1 amide bonds. The summed E-state index contributed by atoms with van der Waals surface area (Å²) >= 11 is 3.15. The molecule has 7 heteroatoms. The summed E-state index contributed by atoms with van der Waals surface area (Å²) < 4.78 is 13.8. The SMILES string of the molecule is CCN(CC(C)C(N)=NO)C(=O)c1cc(F)cc(Br)c1. The Balaban J connectivity index is 2.92. The molecule has 110 valence electrons. The molecule has 0 radical (unpaired) electrons. The van der Waals surface area contributed by atoms with E-state index >= 15 is 0 Å². The molecule has 20 heavy (non-hydrogen) atoms. The molecule has 1 rings (SSSR count). The van der Waals surface area contributed by atoms with Crippen molar-refractivity contribution in [2.45, 2.75) is 13.8 Å². The van der Waals surface area contributed by atoms with Crippen molar-refractivity contribution in [1.82, 2.24) is 4.90 Å². The van der Waals surface area contributed by atoms with Crippen molar-refractivity contribution in [3.8, 4) is 0 Å². The summed E-state index contributed by atoms with van der Waals surface area (Å²) in [6.07, 6.45) is 0. The lowest BCUT2D eigenvalue weighted by molar-refractivity contribution is 0.0753. The molecule has 0 saturated heterocycles. The van der Waals surface area contributed by atoms with E-state index in [2.05, 4.69) is 21.1 Å². The Labute approximate surface area is 125 Å². The summed E-state index contributed by atoms with van der Waals surface area (Å²) in [4.78, 5) is 13.8. The third kappa shape index (κ3) is 4.19. The molecule has 0 spiro atoms. The molecule has 0 aliphatic carbocycles. The lowest BCUT2D eigenvalue weighted by Crippen LogP contribution is -2.38. The molecular formula is C13H17BrFN3O2. The first-order valence-corrected chi connectivity index (χ1v) is 6.91. The number of nitrogens with two attached hydrogens (primary N) is 1. The fourth-order valence-electron chi connectivity index (χ4n) is 1.74. The monoisotopic (exact) mass is 345 g/mol. The summed E-state index contributed by atoms with van der Waals surface area (Å²) in [5, 5.41) is 11.5. The number of amidine groups is 1. The second-order valence-electron chi connectivity index (χ2n) is 4.43. The number of carbonyl (C=O) groups excluding carboxylic acids is 1. The molecule has 1 aromatic rings. The van der Waals surface area contributed by atoms with Gasteiger partial charge in [0.15, 0.2) is 0 Å². The van der Waals surface area contributed by atoms with Crippen LogP contribution in [0.15, 0.2) is 27.8 Å². The van der Waals surface area contributed by atoms with Crippen molar-refractivity contribution in [3.63, 3.8) is 0 Å². The van der Waals surface area contributed by atoms with E-state index < -0.39 is 5.82 Å². The number of benzene rings is 1. The van der Waals surface area contributed by atoms with Crippen molar-refractivity contribution in [2.24, 2.45) is 16.8 Å². The Morgan fingerprint density at radius 3 is 2.70 bits per heavy atom. The van der Waals surface area contributed by atoms with Crippen molar-refractivity contribution >= 4 is 27.7 Å². The Bertz CT molecular complexity index is 502. The highest BCUT2D eigenvalue weighted by molar-refractivity contribution is 9.10. The van der Waals surface area contributed by atoms with Gasteiger partial charge in [-0.2, -0.15) is 0 Å². The number of halogens is 2. The third-order valence-electron chi connectivity index (χ3n) is 2.89. The molecule has 0 bridgehead atoms. The Kier molecular flexibility index (Phi) is 5.94. The molecule has 0 fully saturated rings. The van der Waals surface area contributed by atoms with Crippen LogP contribution in [0.3, 0.4) is 0 Å². The van der Waals surface area contributed by atoms with Gasteiger partial charge in [0.05, 0.1) is 0 Å². The molecule has 1 atom stereocenters. The molecular weight excluding hydrogens is 329 g/mol. The maximum absolute atomic E-state index is 13.3. The van der Waals surface area contributed by atoms with Crippen LogP contribution in [0.2, 0.25) is 0 Å². The lowest BCUT2D eigenvalue weighted by atomic mass is 10.1. The van der Waals surface area contributed by atoms with Crippen LogP contribution < -0.4 is 5.73 Å². The standard InChI is InChI=1S/C13H17BrFN3O2/c1-3-18(7-8(2)12(16)17-20)13(19)9-4-10(14)6-11(15)5-9/h4-6,8,20H,3,7H2,1-2H3,(H2,16,17). The molecule has 5 nitrogen and oxygen atoms in total. The van der Waals surface area contributed by atoms with Gasteiger partial charge < -0.3 is 15.8 Å². The molecule has 0 aromatic heterocycles. The molecule has 3 N–H and O–H groups in total. The number of carbonyl (C=O) groups is 1. The van der Waals surface area contributed by atoms with Crippen molar-refractivity contribution in [2.75, 3.05) is 13.1 Å². The fourth-order valence-corrected chi connectivity index (χ4v) is 2.20. The van der Waals surface area contributed by atoms with Gasteiger partial charge in [0, 0.05) is 29.0 Å². The van der Waals surface area contributed by atoms with Crippen LogP contribution in [0, 0.1) is 11.7 Å². The van der Waals surface area contributed by atoms with Crippen LogP contribution in [-0.4, -0.2) is 34.9 Å². The van der Waals surface area contributed by atoms with Gasteiger partial charge in [-0.05, 0) is 25.1 Å². The fraction of sp³-hybridized carbons (Fsp3) is 0.385. The van der Waals surface area contributed by atoms with E-state index in [1.54, 1.807) is 13.0 Å². The Morgan fingerprint density at radius 1 is 1.55 bits per heavy atom. The van der Waals surface area contributed by atoms with Crippen LogP contribution in [-0.2, 0) is 0 Å². The highest BCUT2D eigenvalue weighted by Gasteiger charge is 2.19. The van der Waals surface area contributed by atoms with Gasteiger partial charge in [0.25, 0.3) is 5.91 Å². The summed E-state index contributed by atoms with van der Waals surface area (Å²) in [5.74, 6) is -1.02. The summed E-state index contributed by atoms with van der Waals surface area (Å²) in [7, 11) is 0. The predicted molar refractivity (Wildman–Crippen MR) is 78.3 cm³/mol. The van der Waals surface area contributed by atoms with E-state index in [0.717, 1.165) is 0 Å². The minimum absolute atomic E-state index is 0.0525. The summed E-state index contributed by atoms with van der Waals surface area (Å²) in [5.41, 5.74) is 5.76. The second-order valence-corrected chi connectivity index (χ2v) is 5.34. The number of nitrogens with zero attached hydrogens (tertiary/aromatic N) is 2. The van der Waals surface area contributed by atoms with Gasteiger partial charge in [-0.15, -0.1) is 0 Å². The van der Waals surface area contributed by atoms with Crippen LogP contribution >= 0.6 is 15.9 Å². The van der Waals surface area contributed by atoms with Crippen molar-refractivity contribution in [3.05, 3.63) is 34.1 Å². The third-order valence-corrected chi connectivity index (χ3v) is 3.35. The smallest absolute Gasteiger partial charge is 0.254 e. The van der Waals surface area contributed by atoms with Crippen LogP contribution in [0.25, 0.3) is 0 Å². The van der Waals surface area contributed by atoms with E-state index in [-0.39, 0.29) is 23.2 Å². The molecule has 1 unspecified atom stereocenters. The van der Waals surface area contributed by atoms with Gasteiger partial charge in [0.2, 0.25) is 0 Å². The molecule has 0 aliphatic heterocycles. The molecule has 0 saturated carbocycles. The zero-order valence-electron chi connectivity index (χ0n) is 11.3. The first-order chi connectivity index (χ1) is 9.38. The van der Waals surface area contributed by atoms with Gasteiger partial charge in [0.1, 0.15) is 11.7 Å². The first-order valence-electron chi connectivity index (χ1n) is 6.11. The number of hydrogen-bond acceptors (Lipinski definition) is 3. The number of amides is 1. The molecule has 0 aliphatic rings. The molecule has 0 heterocycles. The van der Waals surface area contributed by atoms with Crippen LogP contribution in [0.5, 0.6) is 0 Å². The van der Waals surface area contributed by atoms with E-state index in [4.69, 9.17) is 10.9 Å². The highest BCUT2D eigenvalue weighted by atomic mass is 79.9. The quantitative estimate of drug-likeness (QED) is 0.372. The van der Waals surface area contributed by atoms with Gasteiger partial charge in [-0.3, -0.25) is 4.79 Å². The minimum atomic E-state index is -0.483. The van der Waals surface area contributed by atoms with E-state index in [1.807, 2.05) is 6.92 Å². The average Bonchev–Trinajstić information content (AvgIpc) is 2.41. The Morgan fingerprint density at radius 2 is 2.20 bits per heavy atom. The van der Waals surface area contributed by atoms with E-state index in [1.165, 1.54) is 17.0 Å². The predicted octanol–water partition coefficient (Wildman–Crippen LogP) is 2.43. The average molecular weight is 346 g/mol. The van der Waals surface area contributed by atoms with Crippen molar-refractivity contribution in [1.29, 1.82) is 0 Å². The largest absolute Gasteiger partial charge is 0.409 e. The maximum Gasteiger partial charge on any atom is 0.254 e. The highest BCUT2D eigenvalue weighted by Crippen LogP contribution is 2.17. The number of hydrogen-bond donors (Lipinski definition) is 2.